The molecule has 1 aromatic heterocycles. The molecule has 3 heterocycles. The number of carbonyl (C=O) groups excluding carboxylic acids is 1. The lowest BCUT2D eigenvalue weighted by Gasteiger charge is -2.36. The summed E-state index contributed by atoms with van der Waals surface area (Å²) in [4.78, 5) is 23.0. The molecule has 0 atom stereocenters. The van der Waals surface area contributed by atoms with Gasteiger partial charge in [-0.15, -0.1) is 0 Å². The van der Waals surface area contributed by atoms with Gasteiger partial charge in [0.1, 0.15) is 5.82 Å². The molecule has 2 aliphatic heterocycles. The highest BCUT2D eigenvalue weighted by molar-refractivity contribution is 6.14. The van der Waals surface area contributed by atoms with Crippen LogP contribution in [0.3, 0.4) is 0 Å². The van der Waals surface area contributed by atoms with Crippen LogP contribution < -0.4 is 10.2 Å². The Balaban J connectivity index is 1.36. The van der Waals surface area contributed by atoms with Crippen molar-refractivity contribution >= 4 is 28.3 Å². The summed E-state index contributed by atoms with van der Waals surface area (Å²) in [6.07, 6.45) is 2.53. The minimum absolute atomic E-state index is 0.100. The minimum atomic E-state index is -0.100. The van der Waals surface area contributed by atoms with Crippen molar-refractivity contribution in [3.63, 3.8) is 0 Å². The van der Waals surface area contributed by atoms with E-state index in [2.05, 4.69) is 50.9 Å². The van der Waals surface area contributed by atoms with Crippen LogP contribution in [-0.4, -0.2) is 53.1 Å². The molecule has 6 heteroatoms. The van der Waals surface area contributed by atoms with Gasteiger partial charge in [-0.1, -0.05) is 31.5 Å². The summed E-state index contributed by atoms with van der Waals surface area (Å²) in [6, 6.07) is 22.4. The molecule has 1 fully saturated rings. The average Bonchev–Trinajstić information content (AvgIpc) is 3.22. The second-order valence-corrected chi connectivity index (χ2v) is 9.14. The van der Waals surface area contributed by atoms with E-state index in [9.17, 15) is 4.79 Å². The lowest BCUT2D eigenvalue weighted by molar-refractivity contribution is 0.102. The van der Waals surface area contributed by atoms with Gasteiger partial charge in [0.2, 0.25) is 0 Å². The molecule has 172 valence electrons. The van der Waals surface area contributed by atoms with Gasteiger partial charge in [0.25, 0.3) is 5.91 Å². The van der Waals surface area contributed by atoms with Gasteiger partial charge < -0.3 is 10.2 Å². The molecule has 1 saturated heterocycles. The second-order valence-electron chi connectivity index (χ2n) is 9.14. The van der Waals surface area contributed by atoms with Crippen molar-refractivity contribution < 1.29 is 4.79 Å². The van der Waals surface area contributed by atoms with Crippen molar-refractivity contribution in [1.29, 1.82) is 0 Å². The lowest BCUT2D eigenvalue weighted by Crippen LogP contribution is -2.46. The average molecular weight is 452 g/mol. The normalized spacial score (nSPS) is 15.8. The highest BCUT2D eigenvalue weighted by Crippen LogP contribution is 2.36. The quantitative estimate of drug-likeness (QED) is 0.454. The molecule has 0 saturated carbocycles. The van der Waals surface area contributed by atoms with E-state index in [1.807, 2.05) is 42.5 Å². The second kappa shape index (κ2) is 8.61. The third kappa shape index (κ3) is 3.55. The SMILES string of the molecule is CCCCN1CCN(c2ccc(-c3nc4cccc5c4n3-c3ccccc3NC5=O)cc2)CC1. The van der Waals surface area contributed by atoms with E-state index < -0.39 is 0 Å². The van der Waals surface area contributed by atoms with Gasteiger partial charge >= 0.3 is 0 Å². The van der Waals surface area contributed by atoms with Crippen molar-refractivity contribution in [3.05, 3.63) is 72.3 Å². The number of nitrogens with one attached hydrogen (secondary N) is 1. The summed E-state index contributed by atoms with van der Waals surface area (Å²) >= 11 is 0. The molecule has 3 aromatic carbocycles. The van der Waals surface area contributed by atoms with Crippen LogP contribution in [0.1, 0.15) is 30.1 Å². The largest absolute Gasteiger partial charge is 0.369 e. The summed E-state index contributed by atoms with van der Waals surface area (Å²) in [7, 11) is 0. The molecule has 0 unspecified atom stereocenters. The number of aromatic nitrogens is 2. The lowest BCUT2D eigenvalue weighted by atomic mass is 10.1. The van der Waals surface area contributed by atoms with Crippen molar-refractivity contribution in [2.24, 2.45) is 0 Å². The number of amides is 1. The maximum absolute atomic E-state index is 12.9. The Labute approximate surface area is 199 Å². The molecule has 6 rings (SSSR count). The standard InChI is InChI=1S/C28H29N5O/c1-2-3-15-31-16-18-32(19-17-31)21-13-11-20(12-14-21)27-29-24-9-6-7-22-26(24)33(27)25-10-5-4-8-23(25)30-28(22)34/h4-14H,2-3,15-19H2,1H3,(H,30,34). The Kier molecular flexibility index (Phi) is 5.30. The van der Waals surface area contributed by atoms with Gasteiger partial charge in [0.05, 0.1) is 28.0 Å². The molecule has 0 bridgehead atoms. The summed E-state index contributed by atoms with van der Waals surface area (Å²) in [5, 5.41) is 3.06. The number of fused-ring (bicyclic) bond motifs is 2. The van der Waals surface area contributed by atoms with Crippen molar-refractivity contribution in [3.8, 4) is 17.1 Å². The fourth-order valence-electron chi connectivity index (χ4n) is 5.13. The molecule has 1 N–H and O–H groups in total. The Bertz CT molecular complexity index is 1350. The molecule has 4 aromatic rings. The van der Waals surface area contributed by atoms with Crippen molar-refractivity contribution in [2.45, 2.75) is 19.8 Å². The van der Waals surface area contributed by atoms with E-state index in [0.717, 1.165) is 60.0 Å². The zero-order valence-electron chi connectivity index (χ0n) is 19.5. The molecule has 0 aliphatic carbocycles. The van der Waals surface area contributed by atoms with E-state index in [-0.39, 0.29) is 5.91 Å². The van der Waals surface area contributed by atoms with Crippen LogP contribution >= 0.6 is 0 Å². The number of unbranched alkanes of at least 4 members (excludes halogenated alkanes) is 1. The fraction of sp³-hybridized carbons (Fsp3) is 0.286. The Hall–Kier alpha value is -3.64. The molecule has 1 amide bonds. The number of rotatable bonds is 5. The summed E-state index contributed by atoms with van der Waals surface area (Å²) in [5.74, 6) is 0.749. The first kappa shape index (κ1) is 20.9. The molecular weight excluding hydrogens is 422 g/mol. The molecule has 6 nitrogen and oxygen atoms in total. The van der Waals surface area contributed by atoms with Gasteiger partial charge in [0, 0.05) is 37.4 Å². The monoisotopic (exact) mass is 451 g/mol. The summed E-state index contributed by atoms with van der Waals surface area (Å²) in [6.45, 7) is 7.83. The highest BCUT2D eigenvalue weighted by atomic mass is 16.1. The molecule has 2 aliphatic rings. The van der Waals surface area contributed by atoms with E-state index in [4.69, 9.17) is 4.98 Å². The number of para-hydroxylation sites is 3. The van der Waals surface area contributed by atoms with Crippen LogP contribution in [0.2, 0.25) is 0 Å². The van der Waals surface area contributed by atoms with E-state index in [0.29, 0.717) is 5.56 Å². The van der Waals surface area contributed by atoms with Crippen LogP contribution in [0.15, 0.2) is 66.7 Å². The van der Waals surface area contributed by atoms with Crippen LogP contribution in [0, 0.1) is 0 Å². The molecule has 34 heavy (non-hydrogen) atoms. The zero-order chi connectivity index (χ0) is 23.1. The number of carbonyl (C=O) groups is 1. The fourth-order valence-corrected chi connectivity index (χ4v) is 5.13. The Morgan fingerprint density at radius 2 is 1.71 bits per heavy atom. The third-order valence-electron chi connectivity index (χ3n) is 7.01. The Morgan fingerprint density at radius 1 is 0.912 bits per heavy atom. The van der Waals surface area contributed by atoms with Gasteiger partial charge in [-0.05, 0) is 61.5 Å². The third-order valence-corrected chi connectivity index (χ3v) is 7.01. The predicted octanol–water partition coefficient (Wildman–Crippen LogP) is 5.18. The number of nitrogens with zero attached hydrogens (tertiary/aromatic N) is 4. The van der Waals surface area contributed by atoms with Crippen LogP contribution in [0.25, 0.3) is 28.1 Å². The minimum Gasteiger partial charge on any atom is -0.369 e. The molecule has 0 radical (unpaired) electrons. The number of hydrogen-bond acceptors (Lipinski definition) is 4. The number of benzene rings is 3. The van der Waals surface area contributed by atoms with Crippen molar-refractivity contribution in [1.82, 2.24) is 14.5 Å². The smallest absolute Gasteiger partial charge is 0.257 e. The van der Waals surface area contributed by atoms with Crippen molar-refractivity contribution in [2.75, 3.05) is 42.9 Å². The first-order valence-corrected chi connectivity index (χ1v) is 12.2. The van der Waals surface area contributed by atoms with Gasteiger partial charge in [-0.2, -0.15) is 0 Å². The van der Waals surface area contributed by atoms with Gasteiger partial charge in [-0.3, -0.25) is 14.3 Å². The maximum Gasteiger partial charge on any atom is 0.257 e. The van der Waals surface area contributed by atoms with E-state index >= 15 is 0 Å². The predicted molar refractivity (Wildman–Crippen MR) is 138 cm³/mol. The zero-order valence-corrected chi connectivity index (χ0v) is 19.5. The number of anilines is 2. The topological polar surface area (TPSA) is 53.4 Å². The number of hydrogen-bond donors (Lipinski definition) is 1. The van der Waals surface area contributed by atoms with Crippen LogP contribution in [0.4, 0.5) is 11.4 Å². The Morgan fingerprint density at radius 3 is 2.50 bits per heavy atom. The summed E-state index contributed by atoms with van der Waals surface area (Å²) in [5.41, 5.74) is 6.34. The summed E-state index contributed by atoms with van der Waals surface area (Å²) < 4.78 is 2.12. The molecular formula is C28H29N5O. The maximum atomic E-state index is 12.9. The van der Waals surface area contributed by atoms with Crippen LogP contribution in [-0.2, 0) is 0 Å². The van der Waals surface area contributed by atoms with Gasteiger partial charge in [0.15, 0.2) is 0 Å². The number of piperazine rings is 1. The van der Waals surface area contributed by atoms with E-state index in [1.54, 1.807) is 0 Å². The first-order chi connectivity index (χ1) is 16.7. The highest BCUT2D eigenvalue weighted by Gasteiger charge is 2.25. The molecule has 0 spiro atoms. The van der Waals surface area contributed by atoms with Crippen LogP contribution in [0.5, 0.6) is 0 Å². The first-order valence-electron chi connectivity index (χ1n) is 12.2. The van der Waals surface area contributed by atoms with Gasteiger partial charge in [-0.25, -0.2) is 4.98 Å². The van der Waals surface area contributed by atoms with E-state index in [1.165, 1.54) is 25.1 Å². The number of imidazole rings is 1.